The van der Waals surface area contributed by atoms with Crippen LogP contribution in [-0.4, -0.2) is 27.8 Å². The predicted octanol–water partition coefficient (Wildman–Crippen LogP) is 8.72. The van der Waals surface area contributed by atoms with Gasteiger partial charge in [0.05, 0.1) is 22.6 Å². The van der Waals surface area contributed by atoms with Crippen LogP contribution < -0.4 is 4.74 Å². The van der Waals surface area contributed by atoms with Crippen molar-refractivity contribution < 1.29 is 24.0 Å². The Morgan fingerprint density at radius 3 is 2.26 bits per heavy atom. The van der Waals surface area contributed by atoms with Crippen LogP contribution in [0.3, 0.4) is 0 Å². The van der Waals surface area contributed by atoms with Crippen LogP contribution in [0.25, 0.3) is 21.7 Å². The molecule has 1 fully saturated rings. The van der Waals surface area contributed by atoms with Gasteiger partial charge in [0.25, 0.3) is 0 Å². The molecule has 1 aliphatic rings. The highest BCUT2D eigenvalue weighted by molar-refractivity contribution is 6.16. The van der Waals surface area contributed by atoms with Gasteiger partial charge < -0.3 is 14.0 Å². The molecule has 0 atom stereocenters. The summed E-state index contributed by atoms with van der Waals surface area (Å²) in [6.07, 6.45) is 5.51. The lowest BCUT2D eigenvalue weighted by Crippen LogP contribution is -2.15. The molecule has 218 valence electrons. The molecule has 1 aromatic heterocycles. The summed E-state index contributed by atoms with van der Waals surface area (Å²) < 4.78 is 14.1. The van der Waals surface area contributed by atoms with E-state index < -0.39 is 10.9 Å². The number of carbonyl (C=O) groups excluding carboxylic acids is 2. The van der Waals surface area contributed by atoms with Gasteiger partial charge in [0.15, 0.2) is 5.78 Å². The molecule has 43 heavy (non-hydrogen) atoms. The second-order valence-electron chi connectivity index (χ2n) is 10.9. The zero-order valence-electron chi connectivity index (χ0n) is 24.2. The Hall–Kier alpha value is -4.98. The second-order valence-corrected chi connectivity index (χ2v) is 10.9. The fraction of sp³-hybridized carbons (Fsp3) is 0.257. The fourth-order valence-electron chi connectivity index (χ4n) is 6.36. The van der Waals surface area contributed by atoms with Gasteiger partial charge in [-0.05, 0) is 44.9 Å². The molecule has 0 radical (unpaired) electrons. The molecule has 1 saturated carbocycles. The van der Waals surface area contributed by atoms with Crippen LogP contribution in [0.2, 0.25) is 0 Å². The molecule has 0 aliphatic heterocycles. The Labute approximate surface area is 249 Å². The molecule has 1 heterocycles. The quantitative estimate of drug-likeness (QED) is 0.0792. The number of hydrogen-bond acceptors (Lipinski definition) is 6. The van der Waals surface area contributed by atoms with E-state index in [1.165, 1.54) is 24.6 Å². The predicted molar refractivity (Wildman–Crippen MR) is 165 cm³/mol. The van der Waals surface area contributed by atoms with Crippen molar-refractivity contribution in [3.63, 3.8) is 0 Å². The maximum absolute atomic E-state index is 13.3. The summed E-state index contributed by atoms with van der Waals surface area (Å²) in [5, 5.41) is 14.5. The van der Waals surface area contributed by atoms with Gasteiger partial charge in [0, 0.05) is 45.1 Å². The molecule has 1 aliphatic carbocycles. The number of nitro benzene ring substituents is 1. The highest BCUT2D eigenvalue weighted by Crippen LogP contribution is 2.44. The van der Waals surface area contributed by atoms with E-state index in [9.17, 15) is 19.7 Å². The van der Waals surface area contributed by atoms with Crippen LogP contribution in [-0.2, 0) is 4.74 Å². The van der Waals surface area contributed by atoms with Crippen LogP contribution in [0, 0.1) is 17.0 Å². The van der Waals surface area contributed by atoms with E-state index in [0.717, 1.165) is 47.7 Å². The number of fused-ring (bicyclic) bond motifs is 3. The molecule has 8 heteroatoms. The Morgan fingerprint density at radius 2 is 1.56 bits per heavy atom. The molecule has 0 amide bonds. The van der Waals surface area contributed by atoms with Crippen LogP contribution in [0.4, 0.5) is 5.69 Å². The van der Waals surface area contributed by atoms with Crippen molar-refractivity contribution in [1.29, 1.82) is 0 Å². The molecular formula is C35H32N2O6. The first kappa shape index (κ1) is 28.2. The monoisotopic (exact) mass is 576 g/mol. The Balaban J connectivity index is 1.52. The number of carbonyl (C=O) groups is 2. The van der Waals surface area contributed by atoms with Crippen molar-refractivity contribution in [2.75, 3.05) is 6.61 Å². The summed E-state index contributed by atoms with van der Waals surface area (Å²) in [5.74, 6) is -0.351. The van der Waals surface area contributed by atoms with Crippen LogP contribution in [0.15, 0.2) is 78.9 Å². The standard InChI is InChI=1S/C35H32N2O6/c1-3-42-35(39)32-22(2)36(25-14-8-5-9-15-25)33-27-17-11-10-16-26(27)31(21-28(32)33)43-30-19-18-24(20-29(30)37(40)41)34(38)23-12-6-4-7-13-23/h4,6-7,10-13,16-21,25H,3,5,8-9,14-15H2,1-2H3. The van der Waals surface area contributed by atoms with Crippen LogP contribution in [0.5, 0.6) is 11.5 Å². The summed E-state index contributed by atoms with van der Waals surface area (Å²) in [5.41, 5.74) is 2.57. The number of nitrogens with zero attached hydrogens (tertiary/aromatic N) is 2. The molecule has 8 nitrogen and oxygen atoms in total. The van der Waals surface area contributed by atoms with Gasteiger partial charge in [-0.25, -0.2) is 4.79 Å². The van der Waals surface area contributed by atoms with Gasteiger partial charge in [0.1, 0.15) is 5.75 Å². The summed E-state index contributed by atoms with van der Waals surface area (Å²) in [4.78, 5) is 38.0. The number of rotatable bonds is 8. The Bertz CT molecular complexity index is 1870. The third-order valence-electron chi connectivity index (χ3n) is 8.30. The molecular weight excluding hydrogens is 544 g/mol. The van der Waals surface area contributed by atoms with E-state index in [-0.39, 0.29) is 35.4 Å². The van der Waals surface area contributed by atoms with E-state index in [4.69, 9.17) is 9.47 Å². The summed E-state index contributed by atoms with van der Waals surface area (Å²) >= 11 is 0. The minimum atomic E-state index is -0.550. The zero-order valence-corrected chi connectivity index (χ0v) is 24.2. The fourth-order valence-corrected chi connectivity index (χ4v) is 6.36. The molecule has 0 unspecified atom stereocenters. The van der Waals surface area contributed by atoms with Crippen LogP contribution in [0.1, 0.15) is 77.0 Å². The van der Waals surface area contributed by atoms with Gasteiger partial charge in [0.2, 0.25) is 5.75 Å². The average molecular weight is 577 g/mol. The highest BCUT2D eigenvalue weighted by Gasteiger charge is 2.29. The number of hydrogen-bond donors (Lipinski definition) is 0. The Kier molecular flexibility index (Phi) is 7.67. The molecule has 0 spiro atoms. The summed E-state index contributed by atoms with van der Waals surface area (Å²) in [6, 6.07) is 22.7. The first-order valence-corrected chi connectivity index (χ1v) is 14.7. The van der Waals surface area contributed by atoms with Crippen LogP contribution >= 0.6 is 0 Å². The van der Waals surface area contributed by atoms with Gasteiger partial charge in [-0.2, -0.15) is 0 Å². The van der Waals surface area contributed by atoms with E-state index >= 15 is 0 Å². The maximum atomic E-state index is 13.3. The minimum absolute atomic E-state index is 0.000217. The van der Waals surface area contributed by atoms with Crippen molar-refractivity contribution in [2.24, 2.45) is 0 Å². The van der Waals surface area contributed by atoms with E-state index in [1.807, 2.05) is 31.2 Å². The zero-order chi connectivity index (χ0) is 30.1. The molecule has 0 N–H and O–H groups in total. The van der Waals surface area contributed by atoms with Gasteiger partial charge in [-0.1, -0.05) is 73.9 Å². The highest BCUT2D eigenvalue weighted by atomic mass is 16.6. The molecule has 4 aromatic carbocycles. The largest absolute Gasteiger partial charge is 0.462 e. The number of aromatic nitrogens is 1. The van der Waals surface area contributed by atoms with Crippen molar-refractivity contribution in [2.45, 2.75) is 52.0 Å². The maximum Gasteiger partial charge on any atom is 0.340 e. The van der Waals surface area contributed by atoms with Gasteiger partial charge in [-0.15, -0.1) is 0 Å². The molecule has 5 aromatic rings. The lowest BCUT2D eigenvalue weighted by atomic mass is 9.94. The molecule has 6 rings (SSSR count). The van der Waals surface area contributed by atoms with E-state index in [0.29, 0.717) is 22.3 Å². The number of esters is 1. The average Bonchev–Trinajstić information content (AvgIpc) is 3.33. The number of ketones is 1. The first-order valence-electron chi connectivity index (χ1n) is 14.7. The third kappa shape index (κ3) is 5.14. The van der Waals surface area contributed by atoms with Crippen molar-refractivity contribution in [3.05, 3.63) is 111 Å². The van der Waals surface area contributed by atoms with E-state index in [1.54, 1.807) is 43.3 Å². The lowest BCUT2D eigenvalue weighted by Gasteiger charge is -2.26. The lowest BCUT2D eigenvalue weighted by molar-refractivity contribution is -0.385. The molecule has 0 bridgehead atoms. The number of ether oxygens (including phenoxy) is 2. The number of benzene rings is 4. The topological polar surface area (TPSA) is 101 Å². The molecule has 0 saturated heterocycles. The van der Waals surface area contributed by atoms with Crippen molar-refractivity contribution in [3.8, 4) is 11.5 Å². The van der Waals surface area contributed by atoms with Crippen molar-refractivity contribution >= 4 is 39.1 Å². The van der Waals surface area contributed by atoms with Gasteiger partial charge >= 0.3 is 11.7 Å². The number of nitro groups is 1. The Morgan fingerprint density at radius 1 is 0.860 bits per heavy atom. The minimum Gasteiger partial charge on any atom is -0.462 e. The SMILES string of the molecule is CCOC(=O)c1c(C)n(C2CCCCC2)c2c1cc(Oc1ccc(C(=O)c3ccccc3)cc1[N+](=O)[O-])c1ccccc12. The normalized spacial score (nSPS) is 13.7. The van der Waals surface area contributed by atoms with E-state index in [2.05, 4.69) is 4.57 Å². The summed E-state index contributed by atoms with van der Waals surface area (Å²) in [6.45, 7) is 3.98. The third-order valence-corrected chi connectivity index (χ3v) is 8.30. The summed E-state index contributed by atoms with van der Waals surface area (Å²) in [7, 11) is 0. The first-order chi connectivity index (χ1) is 20.9. The second kappa shape index (κ2) is 11.7. The van der Waals surface area contributed by atoms with Gasteiger partial charge in [-0.3, -0.25) is 14.9 Å². The smallest absolute Gasteiger partial charge is 0.340 e. The van der Waals surface area contributed by atoms with Crippen molar-refractivity contribution in [1.82, 2.24) is 4.57 Å².